The monoisotopic (exact) mass is 725 g/mol. The molecule has 0 fully saturated rings. The number of aromatic hydroxyl groups is 2. The molecule has 0 aliphatic carbocycles. The van der Waals surface area contributed by atoms with E-state index < -0.39 is 0 Å². The van der Waals surface area contributed by atoms with Crippen molar-refractivity contribution in [2.45, 2.75) is 32.1 Å². The van der Waals surface area contributed by atoms with Gasteiger partial charge in [-0.25, -0.2) is 0 Å². The number of ether oxygens (including phenoxy) is 1. The van der Waals surface area contributed by atoms with Crippen LogP contribution < -0.4 is 10.5 Å². The Morgan fingerprint density at radius 1 is 0.946 bits per heavy atom. The van der Waals surface area contributed by atoms with Crippen LogP contribution in [0.5, 0.6) is 17.2 Å². The lowest BCUT2D eigenvalue weighted by molar-refractivity contribution is -0.118. The second-order valence-corrected chi connectivity index (χ2v) is 10.9. The third-order valence-electron chi connectivity index (χ3n) is 5.92. The number of hydrogen-bond donors (Lipinski definition) is 3. The van der Waals surface area contributed by atoms with Gasteiger partial charge in [-0.15, -0.1) is 0 Å². The van der Waals surface area contributed by atoms with Crippen molar-refractivity contribution in [2.75, 3.05) is 6.61 Å². The van der Waals surface area contributed by atoms with E-state index in [1.54, 1.807) is 18.2 Å². The maximum absolute atomic E-state index is 13.7. The van der Waals surface area contributed by atoms with E-state index in [4.69, 9.17) is 14.9 Å². The Hall–Kier alpha value is -2.80. The standard InChI is InChI=1S/C28H25I2NO6/c29-19-12-17(13-20(30)28(19)35)27(34)26-18-14-21(32)24(36-11-10-16-6-2-1-3-7-16)15-23(18)37-22(26)8-4-5-9-25(31)33/h1-3,6-7,12-15,32,35H,4-5,8-11H2,(H2,31,33). The van der Waals surface area contributed by atoms with Crippen LogP contribution in [0.25, 0.3) is 11.0 Å². The lowest BCUT2D eigenvalue weighted by Crippen LogP contribution is -2.10. The van der Waals surface area contributed by atoms with Gasteiger partial charge in [0, 0.05) is 36.3 Å². The SMILES string of the molecule is NC(=O)CCCCc1oc2cc(OCCc3ccccc3)c(O)cc2c1C(=O)c1cc(I)c(O)c(I)c1. The van der Waals surface area contributed by atoms with Crippen LogP contribution in [0.2, 0.25) is 0 Å². The van der Waals surface area contributed by atoms with Gasteiger partial charge in [-0.3, -0.25) is 9.59 Å². The van der Waals surface area contributed by atoms with Crippen LogP contribution in [-0.2, 0) is 17.6 Å². The molecule has 1 heterocycles. The molecule has 1 amide bonds. The first-order valence-corrected chi connectivity index (χ1v) is 13.9. The number of furan rings is 1. The predicted molar refractivity (Wildman–Crippen MR) is 157 cm³/mol. The van der Waals surface area contributed by atoms with Crippen molar-refractivity contribution < 1.29 is 29.0 Å². The molecule has 9 heteroatoms. The zero-order chi connectivity index (χ0) is 26.5. The molecule has 0 radical (unpaired) electrons. The summed E-state index contributed by atoms with van der Waals surface area (Å²) < 4.78 is 13.1. The number of rotatable bonds is 11. The highest BCUT2D eigenvalue weighted by atomic mass is 127. The first kappa shape index (κ1) is 27.2. The number of amides is 1. The summed E-state index contributed by atoms with van der Waals surface area (Å²) >= 11 is 3.97. The second kappa shape index (κ2) is 12.2. The van der Waals surface area contributed by atoms with Crippen molar-refractivity contribution in [3.63, 3.8) is 0 Å². The number of primary amides is 1. The molecule has 0 bridgehead atoms. The summed E-state index contributed by atoms with van der Waals surface area (Å²) in [5.74, 6) is 0.101. The molecule has 37 heavy (non-hydrogen) atoms. The van der Waals surface area contributed by atoms with Crippen molar-refractivity contribution in [1.29, 1.82) is 0 Å². The number of aryl methyl sites for hydroxylation is 1. The molecule has 0 unspecified atom stereocenters. The molecule has 0 aliphatic heterocycles. The molecule has 7 nitrogen and oxygen atoms in total. The molecule has 4 aromatic rings. The zero-order valence-corrected chi connectivity index (χ0v) is 24.1. The van der Waals surface area contributed by atoms with Gasteiger partial charge in [-0.2, -0.15) is 0 Å². The highest BCUT2D eigenvalue weighted by molar-refractivity contribution is 14.1. The van der Waals surface area contributed by atoms with Gasteiger partial charge in [0.1, 0.15) is 17.1 Å². The fourth-order valence-corrected chi connectivity index (χ4v) is 5.82. The van der Waals surface area contributed by atoms with Crippen molar-refractivity contribution in [2.24, 2.45) is 5.73 Å². The first-order valence-electron chi connectivity index (χ1n) is 11.7. The lowest BCUT2D eigenvalue weighted by Gasteiger charge is -2.09. The van der Waals surface area contributed by atoms with Crippen LogP contribution in [0.3, 0.4) is 0 Å². The van der Waals surface area contributed by atoms with E-state index in [0.717, 1.165) is 5.56 Å². The van der Waals surface area contributed by atoms with Gasteiger partial charge in [0.05, 0.1) is 19.3 Å². The van der Waals surface area contributed by atoms with E-state index >= 15 is 0 Å². The maximum Gasteiger partial charge on any atom is 0.217 e. The Kier molecular flexibility index (Phi) is 8.95. The van der Waals surface area contributed by atoms with E-state index in [-0.39, 0.29) is 35.4 Å². The topological polar surface area (TPSA) is 123 Å². The summed E-state index contributed by atoms with van der Waals surface area (Å²) in [4.78, 5) is 24.8. The Bertz CT molecular complexity index is 1430. The Morgan fingerprint density at radius 2 is 1.65 bits per heavy atom. The van der Waals surface area contributed by atoms with Crippen molar-refractivity contribution in [1.82, 2.24) is 0 Å². The third-order valence-corrected chi connectivity index (χ3v) is 7.56. The number of phenols is 2. The highest BCUT2D eigenvalue weighted by Gasteiger charge is 2.25. The molecule has 3 aromatic carbocycles. The van der Waals surface area contributed by atoms with Gasteiger partial charge in [-0.1, -0.05) is 30.3 Å². The molecular formula is C28H25I2NO6. The molecule has 192 valence electrons. The quantitative estimate of drug-likeness (QED) is 0.0976. The van der Waals surface area contributed by atoms with Crippen molar-refractivity contribution in [3.05, 3.63) is 84.2 Å². The predicted octanol–water partition coefficient (Wildman–Crippen LogP) is 6.10. The van der Waals surface area contributed by atoms with Crippen LogP contribution in [0, 0.1) is 7.14 Å². The van der Waals surface area contributed by atoms with E-state index in [1.807, 2.05) is 75.5 Å². The molecule has 1 aromatic heterocycles. The van der Waals surface area contributed by atoms with Gasteiger partial charge in [-0.05, 0) is 81.8 Å². The van der Waals surface area contributed by atoms with Crippen LogP contribution in [0.1, 0.15) is 46.5 Å². The smallest absolute Gasteiger partial charge is 0.217 e. The van der Waals surface area contributed by atoms with E-state index in [1.165, 1.54) is 6.07 Å². The molecule has 0 saturated heterocycles. The van der Waals surface area contributed by atoms with Gasteiger partial charge in [0.2, 0.25) is 5.91 Å². The largest absolute Gasteiger partial charge is 0.506 e. The molecule has 4 rings (SSSR count). The van der Waals surface area contributed by atoms with Crippen LogP contribution in [0.4, 0.5) is 0 Å². The molecule has 0 aliphatic rings. The van der Waals surface area contributed by atoms with E-state index in [0.29, 0.717) is 67.3 Å². The maximum atomic E-state index is 13.7. The minimum Gasteiger partial charge on any atom is -0.506 e. The lowest BCUT2D eigenvalue weighted by atomic mass is 9.97. The van der Waals surface area contributed by atoms with Gasteiger partial charge in [0.25, 0.3) is 0 Å². The number of halogens is 2. The van der Waals surface area contributed by atoms with Gasteiger partial charge < -0.3 is 25.1 Å². The first-order chi connectivity index (χ1) is 17.7. The fourth-order valence-electron chi connectivity index (χ4n) is 4.05. The average molecular weight is 725 g/mol. The zero-order valence-electron chi connectivity index (χ0n) is 19.8. The minimum absolute atomic E-state index is 0.0921. The van der Waals surface area contributed by atoms with Gasteiger partial charge in [0.15, 0.2) is 17.3 Å². The average Bonchev–Trinajstić information content (AvgIpc) is 3.21. The number of nitrogens with two attached hydrogens (primary N) is 1. The summed E-state index contributed by atoms with van der Waals surface area (Å²) in [5.41, 5.74) is 7.54. The molecule has 4 N–H and O–H groups in total. The molecule has 0 spiro atoms. The summed E-state index contributed by atoms with van der Waals surface area (Å²) in [7, 11) is 0. The number of fused-ring (bicyclic) bond motifs is 1. The number of carbonyl (C=O) groups is 2. The summed E-state index contributed by atoms with van der Waals surface area (Å²) in [6, 6.07) is 16.2. The summed E-state index contributed by atoms with van der Waals surface area (Å²) in [6.07, 6.45) is 2.50. The van der Waals surface area contributed by atoms with Crippen LogP contribution in [0.15, 0.2) is 59.0 Å². The molecule has 0 saturated carbocycles. The normalized spacial score (nSPS) is 11.1. The fraction of sp³-hybridized carbons (Fsp3) is 0.214. The van der Waals surface area contributed by atoms with Gasteiger partial charge >= 0.3 is 0 Å². The second-order valence-electron chi connectivity index (χ2n) is 8.59. The number of unbranched alkanes of at least 4 members (excludes halogenated alkanes) is 1. The Balaban J connectivity index is 1.67. The molecular weight excluding hydrogens is 700 g/mol. The summed E-state index contributed by atoms with van der Waals surface area (Å²) in [6.45, 7) is 0.361. The molecule has 0 atom stereocenters. The number of ketones is 1. The van der Waals surface area contributed by atoms with Crippen molar-refractivity contribution >= 4 is 67.8 Å². The Labute approximate surface area is 241 Å². The number of hydrogen-bond acceptors (Lipinski definition) is 6. The minimum atomic E-state index is -0.378. The highest BCUT2D eigenvalue weighted by Crippen LogP contribution is 2.38. The van der Waals surface area contributed by atoms with E-state index in [9.17, 15) is 19.8 Å². The number of phenolic OH excluding ortho intramolecular Hbond substituents is 2. The third kappa shape index (κ3) is 6.56. The van der Waals surface area contributed by atoms with E-state index in [2.05, 4.69) is 0 Å². The van der Waals surface area contributed by atoms with Crippen molar-refractivity contribution in [3.8, 4) is 17.2 Å². The van der Waals surface area contributed by atoms with Crippen LogP contribution in [-0.4, -0.2) is 28.5 Å². The summed E-state index contributed by atoms with van der Waals surface area (Å²) in [5, 5.41) is 21.3. The Morgan fingerprint density at radius 3 is 2.32 bits per heavy atom. The number of carbonyl (C=O) groups excluding carboxylic acids is 2. The van der Waals surface area contributed by atoms with Crippen LogP contribution >= 0.6 is 45.2 Å². The number of benzene rings is 3.